The molecule has 0 spiro atoms. The molecule has 1 aliphatic heterocycles. The second-order valence-electron chi connectivity index (χ2n) is 5.71. The molecule has 2 aromatic rings. The normalized spacial score (nSPS) is 17.3. The highest BCUT2D eigenvalue weighted by Gasteiger charge is 2.31. The van der Waals surface area contributed by atoms with Crippen LogP contribution >= 0.6 is 12.4 Å². The lowest BCUT2D eigenvalue weighted by atomic mass is 10.1. The van der Waals surface area contributed by atoms with E-state index >= 15 is 0 Å². The highest BCUT2D eigenvalue weighted by Crippen LogP contribution is 2.24. The topological polar surface area (TPSA) is 68.2 Å². The van der Waals surface area contributed by atoms with Crippen LogP contribution in [-0.2, 0) is 0 Å². The fourth-order valence-corrected chi connectivity index (χ4v) is 2.66. The number of aromatic nitrogens is 2. The van der Waals surface area contributed by atoms with Crippen molar-refractivity contribution in [1.29, 1.82) is 0 Å². The van der Waals surface area contributed by atoms with Gasteiger partial charge in [-0.1, -0.05) is 0 Å². The Morgan fingerprint density at radius 2 is 2.00 bits per heavy atom. The number of ether oxygens (including phenoxy) is 1. The van der Waals surface area contributed by atoms with Crippen molar-refractivity contribution in [2.24, 2.45) is 0 Å². The third-order valence-corrected chi connectivity index (χ3v) is 3.83. The van der Waals surface area contributed by atoms with Crippen LogP contribution in [0, 0.1) is 0 Å². The molecule has 1 saturated heterocycles. The number of halogens is 4. The zero-order valence-electron chi connectivity index (χ0n) is 13.6. The summed E-state index contributed by atoms with van der Waals surface area (Å²) in [5.41, 5.74) is 0.606. The van der Waals surface area contributed by atoms with Crippen LogP contribution < -0.4 is 15.4 Å². The molecule has 2 N–H and O–H groups in total. The van der Waals surface area contributed by atoms with Crippen LogP contribution in [0.15, 0.2) is 36.5 Å². The number of hydrogen-bond acceptors (Lipinski definition) is 4. The lowest BCUT2D eigenvalue weighted by Crippen LogP contribution is -2.32. The van der Waals surface area contributed by atoms with Crippen LogP contribution in [0.25, 0.3) is 0 Å². The molecule has 26 heavy (non-hydrogen) atoms. The van der Waals surface area contributed by atoms with Gasteiger partial charge in [0.25, 0.3) is 5.91 Å². The zero-order chi connectivity index (χ0) is 17.9. The minimum Gasteiger partial charge on any atom is -0.406 e. The van der Waals surface area contributed by atoms with Crippen molar-refractivity contribution >= 4 is 24.0 Å². The summed E-state index contributed by atoms with van der Waals surface area (Å²) in [7, 11) is 0. The van der Waals surface area contributed by atoms with Crippen molar-refractivity contribution in [2.75, 3.05) is 18.4 Å². The third kappa shape index (κ3) is 5.37. The molecular weight excluding hydrogens is 373 g/mol. The number of amides is 1. The third-order valence-electron chi connectivity index (χ3n) is 3.83. The molecule has 10 heteroatoms. The largest absolute Gasteiger partial charge is 0.573 e. The van der Waals surface area contributed by atoms with Crippen molar-refractivity contribution in [3.8, 4) is 5.75 Å². The van der Waals surface area contributed by atoms with E-state index in [1.54, 1.807) is 16.9 Å². The zero-order valence-corrected chi connectivity index (χ0v) is 14.4. The van der Waals surface area contributed by atoms with E-state index < -0.39 is 12.3 Å². The van der Waals surface area contributed by atoms with E-state index in [-0.39, 0.29) is 29.9 Å². The first-order valence-corrected chi connectivity index (χ1v) is 7.84. The van der Waals surface area contributed by atoms with Gasteiger partial charge >= 0.3 is 6.36 Å². The smallest absolute Gasteiger partial charge is 0.406 e. The Hall–Kier alpha value is -2.26. The molecular formula is C16H18ClF3N4O2. The van der Waals surface area contributed by atoms with Crippen molar-refractivity contribution in [1.82, 2.24) is 15.1 Å². The van der Waals surface area contributed by atoms with Gasteiger partial charge in [-0.25, -0.2) is 0 Å². The molecule has 3 rings (SSSR count). The van der Waals surface area contributed by atoms with Gasteiger partial charge in [-0.2, -0.15) is 5.10 Å². The molecule has 0 bridgehead atoms. The van der Waals surface area contributed by atoms with Gasteiger partial charge in [0.1, 0.15) is 5.75 Å². The molecule has 0 radical (unpaired) electrons. The summed E-state index contributed by atoms with van der Waals surface area (Å²) in [4.78, 5) is 12.2. The molecule has 0 saturated carbocycles. The summed E-state index contributed by atoms with van der Waals surface area (Å²) in [6.45, 7) is 1.79. The molecule has 1 amide bonds. The quantitative estimate of drug-likeness (QED) is 0.839. The maximum absolute atomic E-state index is 12.2. The number of benzene rings is 1. The summed E-state index contributed by atoms with van der Waals surface area (Å²) in [5.74, 6) is -0.772. The minimum atomic E-state index is -4.74. The Labute approximate surface area is 154 Å². The molecule has 1 aromatic carbocycles. The number of carbonyl (C=O) groups excluding carboxylic acids is 1. The molecule has 142 valence electrons. The number of rotatable bonds is 4. The van der Waals surface area contributed by atoms with Gasteiger partial charge in [-0.3, -0.25) is 9.48 Å². The van der Waals surface area contributed by atoms with Gasteiger partial charge < -0.3 is 15.4 Å². The van der Waals surface area contributed by atoms with Crippen molar-refractivity contribution in [3.05, 3.63) is 42.2 Å². The minimum absolute atomic E-state index is 0. The van der Waals surface area contributed by atoms with E-state index in [0.717, 1.165) is 38.1 Å². The standard InChI is InChI=1S/C16H17F3N4O2.ClH/c17-16(18,19)25-13-5-3-11(4-6-13)21-15(24)14-7-9-23(22-14)12-2-1-8-20-10-12;/h3-7,9,12,20H,1-2,8,10H2,(H,21,24);1H. The van der Waals surface area contributed by atoms with Gasteiger partial charge in [-0.05, 0) is 49.7 Å². The number of alkyl halides is 3. The summed E-state index contributed by atoms with van der Waals surface area (Å²) < 4.78 is 41.9. The molecule has 2 heterocycles. The van der Waals surface area contributed by atoms with E-state index in [2.05, 4.69) is 20.5 Å². The van der Waals surface area contributed by atoms with Gasteiger partial charge in [-0.15, -0.1) is 25.6 Å². The first-order chi connectivity index (χ1) is 11.9. The van der Waals surface area contributed by atoms with Gasteiger partial charge in [0.15, 0.2) is 5.69 Å². The molecule has 1 fully saturated rings. The lowest BCUT2D eigenvalue weighted by Gasteiger charge is -2.22. The Kier molecular flexibility index (Phi) is 6.49. The Morgan fingerprint density at radius 3 is 2.62 bits per heavy atom. The van der Waals surface area contributed by atoms with Crippen LogP contribution in [0.3, 0.4) is 0 Å². The van der Waals surface area contributed by atoms with Crippen molar-refractivity contribution in [2.45, 2.75) is 25.2 Å². The summed E-state index contributed by atoms with van der Waals surface area (Å²) in [5, 5.41) is 10.2. The van der Waals surface area contributed by atoms with Crippen molar-refractivity contribution in [3.63, 3.8) is 0 Å². The number of anilines is 1. The number of hydrogen-bond donors (Lipinski definition) is 2. The number of piperidine rings is 1. The second kappa shape index (κ2) is 8.41. The molecule has 1 unspecified atom stereocenters. The van der Waals surface area contributed by atoms with Gasteiger partial charge in [0.2, 0.25) is 0 Å². The summed E-state index contributed by atoms with van der Waals surface area (Å²) in [6, 6.07) is 6.77. The SMILES string of the molecule is Cl.O=C(Nc1ccc(OC(F)(F)F)cc1)c1ccn(C2CCCNC2)n1. The van der Waals surface area contributed by atoms with E-state index in [9.17, 15) is 18.0 Å². The van der Waals surface area contributed by atoms with Crippen LogP contribution in [0.4, 0.5) is 18.9 Å². The van der Waals surface area contributed by atoms with Gasteiger partial charge in [0, 0.05) is 18.4 Å². The fraction of sp³-hybridized carbons (Fsp3) is 0.375. The van der Waals surface area contributed by atoms with Crippen LogP contribution in [0.2, 0.25) is 0 Å². The average Bonchev–Trinajstić information content (AvgIpc) is 3.06. The highest BCUT2D eigenvalue weighted by molar-refractivity contribution is 6.02. The van der Waals surface area contributed by atoms with E-state index in [0.29, 0.717) is 5.69 Å². The lowest BCUT2D eigenvalue weighted by molar-refractivity contribution is -0.274. The molecule has 1 atom stereocenters. The molecule has 6 nitrogen and oxygen atoms in total. The van der Waals surface area contributed by atoms with E-state index in [1.807, 2.05) is 0 Å². The Morgan fingerprint density at radius 1 is 1.27 bits per heavy atom. The molecule has 1 aliphatic rings. The number of nitrogens with one attached hydrogen (secondary N) is 2. The van der Waals surface area contributed by atoms with Gasteiger partial charge in [0.05, 0.1) is 6.04 Å². The fourth-order valence-electron chi connectivity index (χ4n) is 2.66. The van der Waals surface area contributed by atoms with E-state index in [1.165, 1.54) is 12.1 Å². The highest BCUT2D eigenvalue weighted by atomic mass is 35.5. The van der Waals surface area contributed by atoms with Crippen molar-refractivity contribution < 1.29 is 22.7 Å². The monoisotopic (exact) mass is 390 g/mol. The predicted molar refractivity (Wildman–Crippen MR) is 91.7 cm³/mol. The summed E-state index contributed by atoms with van der Waals surface area (Å²) >= 11 is 0. The first-order valence-electron chi connectivity index (χ1n) is 7.84. The van der Waals surface area contributed by atoms with Crippen LogP contribution in [-0.4, -0.2) is 35.1 Å². The van der Waals surface area contributed by atoms with Crippen LogP contribution in [0.1, 0.15) is 29.4 Å². The number of carbonyl (C=O) groups is 1. The van der Waals surface area contributed by atoms with E-state index in [4.69, 9.17) is 0 Å². The Balaban J connectivity index is 0.00000243. The average molecular weight is 391 g/mol. The number of nitrogens with zero attached hydrogens (tertiary/aromatic N) is 2. The van der Waals surface area contributed by atoms with Crippen LogP contribution in [0.5, 0.6) is 5.75 Å². The molecule has 1 aromatic heterocycles. The first kappa shape index (κ1) is 20.1. The summed E-state index contributed by atoms with van der Waals surface area (Å²) in [6.07, 6.45) is -0.937. The second-order valence-corrected chi connectivity index (χ2v) is 5.71. The molecule has 0 aliphatic carbocycles. The maximum atomic E-state index is 12.2. The maximum Gasteiger partial charge on any atom is 0.573 e. The predicted octanol–water partition coefficient (Wildman–Crippen LogP) is 3.38. The Bertz CT molecular complexity index is 728.